The minimum Gasteiger partial charge on any atom is -0.488 e. The summed E-state index contributed by atoms with van der Waals surface area (Å²) in [5, 5.41) is 16.5. The second-order valence-corrected chi connectivity index (χ2v) is 9.71. The zero-order chi connectivity index (χ0) is 22.5. The van der Waals surface area contributed by atoms with Crippen molar-refractivity contribution < 1.29 is 9.53 Å². The Kier molecular flexibility index (Phi) is 5.18. The molecule has 5 rings (SSSR count). The number of fused-ring (bicyclic) bond motifs is 1. The number of carbonyl (C=O) groups is 1. The fourth-order valence-corrected chi connectivity index (χ4v) is 4.85. The van der Waals surface area contributed by atoms with Crippen molar-refractivity contribution in [2.45, 2.75) is 39.3 Å². The van der Waals surface area contributed by atoms with E-state index in [4.69, 9.17) is 27.9 Å². The number of benzene rings is 2. The number of para-hydroxylation sites is 1. The Morgan fingerprint density at radius 3 is 2.81 bits per heavy atom. The van der Waals surface area contributed by atoms with Gasteiger partial charge in [-0.2, -0.15) is 4.68 Å². The number of anilines is 1. The molecule has 0 saturated carbocycles. The Morgan fingerprint density at radius 2 is 2.00 bits per heavy atom. The van der Waals surface area contributed by atoms with Gasteiger partial charge in [0, 0.05) is 38.9 Å². The minimum atomic E-state index is -0.475. The van der Waals surface area contributed by atoms with Gasteiger partial charge in [0.1, 0.15) is 18.4 Å². The van der Waals surface area contributed by atoms with E-state index >= 15 is 0 Å². The van der Waals surface area contributed by atoms with Crippen LogP contribution < -0.4 is 10.1 Å². The van der Waals surface area contributed by atoms with Crippen molar-refractivity contribution in [2.75, 3.05) is 5.32 Å². The number of allylic oxidation sites excluding steroid dienone is 2. The number of ether oxygens (including phenoxy) is 1. The SMILES string of the molecule is CC1(C)CC(=O)C2=C(C1)Nc1nnnn1[C@@H]2c1ccccc1OCc1ccc(Cl)cc1Cl. The largest absolute Gasteiger partial charge is 0.488 e. The van der Waals surface area contributed by atoms with E-state index in [0.717, 1.165) is 23.2 Å². The Hall–Kier alpha value is -2.90. The first kappa shape index (κ1) is 21.0. The first-order chi connectivity index (χ1) is 15.3. The maximum absolute atomic E-state index is 13.3. The molecular formula is C23H21Cl2N5O2. The molecule has 1 N–H and O–H groups in total. The van der Waals surface area contributed by atoms with Crippen LogP contribution in [0.4, 0.5) is 5.95 Å². The van der Waals surface area contributed by atoms with Crippen molar-refractivity contribution in [2.24, 2.45) is 5.41 Å². The molecule has 32 heavy (non-hydrogen) atoms. The fourth-order valence-electron chi connectivity index (χ4n) is 4.39. The van der Waals surface area contributed by atoms with Crippen molar-refractivity contribution >= 4 is 34.9 Å². The number of carbonyl (C=O) groups excluding carboxylic acids is 1. The minimum absolute atomic E-state index is 0.0884. The maximum Gasteiger partial charge on any atom is 0.248 e. The lowest BCUT2D eigenvalue weighted by Gasteiger charge is -2.38. The smallest absolute Gasteiger partial charge is 0.248 e. The van der Waals surface area contributed by atoms with E-state index in [1.54, 1.807) is 16.8 Å². The fraction of sp³-hybridized carbons (Fsp3) is 0.304. The number of ketones is 1. The molecule has 164 valence electrons. The summed E-state index contributed by atoms with van der Waals surface area (Å²) in [5.41, 5.74) is 3.05. The second kappa shape index (κ2) is 7.90. The Labute approximate surface area is 195 Å². The lowest BCUT2D eigenvalue weighted by atomic mass is 9.73. The number of hydrogen-bond acceptors (Lipinski definition) is 6. The van der Waals surface area contributed by atoms with Crippen LogP contribution in [-0.4, -0.2) is 26.0 Å². The maximum atomic E-state index is 13.3. The van der Waals surface area contributed by atoms with E-state index in [-0.39, 0.29) is 17.8 Å². The molecule has 9 heteroatoms. The van der Waals surface area contributed by atoms with Crippen LogP contribution >= 0.6 is 23.2 Å². The quantitative estimate of drug-likeness (QED) is 0.563. The first-order valence-corrected chi connectivity index (χ1v) is 11.0. The normalized spacial score (nSPS) is 19.2. The number of nitrogens with zero attached hydrogens (tertiary/aromatic N) is 4. The predicted octanol–water partition coefficient (Wildman–Crippen LogP) is 5.22. The van der Waals surface area contributed by atoms with Gasteiger partial charge < -0.3 is 10.1 Å². The van der Waals surface area contributed by atoms with Crippen LogP contribution in [0.2, 0.25) is 10.0 Å². The number of tetrazole rings is 1. The summed E-state index contributed by atoms with van der Waals surface area (Å²) in [4.78, 5) is 13.3. The summed E-state index contributed by atoms with van der Waals surface area (Å²) in [6.45, 7) is 4.44. The summed E-state index contributed by atoms with van der Waals surface area (Å²) in [6, 6.07) is 12.5. The molecule has 2 aliphatic rings. The molecule has 0 radical (unpaired) electrons. The molecule has 0 unspecified atom stereocenters. The standard InChI is InChI=1S/C23H21Cl2N5O2/c1-23(2)10-17-20(18(31)11-23)21(30-22(26-17)27-28-29-30)15-5-3-4-6-19(15)32-12-13-7-8-14(24)9-16(13)25/h3-9,21H,10-12H2,1-2H3,(H,26,27,29)/t21-/m1/s1. The highest BCUT2D eigenvalue weighted by molar-refractivity contribution is 6.35. The molecule has 2 aromatic carbocycles. The molecule has 1 aromatic heterocycles. The molecule has 0 bridgehead atoms. The Balaban J connectivity index is 1.55. The zero-order valence-electron chi connectivity index (χ0n) is 17.6. The van der Waals surface area contributed by atoms with Crippen LogP contribution in [0.5, 0.6) is 5.75 Å². The molecule has 1 aliphatic heterocycles. The van der Waals surface area contributed by atoms with Crippen molar-refractivity contribution in [3.05, 3.63) is 74.9 Å². The van der Waals surface area contributed by atoms with E-state index < -0.39 is 6.04 Å². The highest BCUT2D eigenvalue weighted by atomic mass is 35.5. The molecule has 0 saturated heterocycles. The molecule has 2 heterocycles. The van der Waals surface area contributed by atoms with E-state index in [1.807, 2.05) is 30.3 Å². The third-order valence-electron chi connectivity index (χ3n) is 5.81. The average molecular weight is 470 g/mol. The lowest BCUT2D eigenvalue weighted by molar-refractivity contribution is -0.118. The van der Waals surface area contributed by atoms with E-state index in [1.165, 1.54) is 0 Å². The molecule has 1 aliphatic carbocycles. The van der Waals surface area contributed by atoms with Gasteiger partial charge in [-0.15, -0.1) is 0 Å². The van der Waals surface area contributed by atoms with Crippen molar-refractivity contribution in [1.29, 1.82) is 0 Å². The summed E-state index contributed by atoms with van der Waals surface area (Å²) < 4.78 is 7.83. The van der Waals surface area contributed by atoms with Crippen LogP contribution in [0.1, 0.15) is 43.9 Å². The second-order valence-electron chi connectivity index (χ2n) is 8.87. The van der Waals surface area contributed by atoms with Crippen molar-refractivity contribution in [3.63, 3.8) is 0 Å². The Bertz CT molecular complexity index is 1250. The van der Waals surface area contributed by atoms with Gasteiger partial charge in [0.2, 0.25) is 5.95 Å². The van der Waals surface area contributed by atoms with Crippen LogP contribution in [0.15, 0.2) is 53.7 Å². The van der Waals surface area contributed by atoms with Crippen molar-refractivity contribution in [1.82, 2.24) is 20.2 Å². The van der Waals surface area contributed by atoms with Crippen LogP contribution in [0.3, 0.4) is 0 Å². The van der Waals surface area contributed by atoms with Gasteiger partial charge in [-0.25, -0.2) is 0 Å². The third-order valence-corrected chi connectivity index (χ3v) is 6.39. The van der Waals surface area contributed by atoms with Gasteiger partial charge in [-0.3, -0.25) is 4.79 Å². The molecule has 0 spiro atoms. The third kappa shape index (κ3) is 3.76. The number of Topliss-reactive ketones (excluding diaryl/α,β-unsaturated/α-hetero) is 1. The van der Waals surface area contributed by atoms with E-state index in [9.17, 15) is 4.79 Å². The van der Waals surface area contributed by atoms with Gasteiger partial charge in [0.05, 0.1) is 0 Å². The summed E-state index contributed by atoms with van der Waals surface area (Å²) in [6.07, 6.45) is 1.20. The van der Waals surface area contributed by atoms with Gasteiger partial charge in [0.25, 0.3) is 0 Å². The summed E-state index contributed by atoms with van der Waals surface area (Å²) in [7, 11) is 0. The topological polar surface area (TPSA) is 81.9 Å². The van der Waals surface area contributed by atoms with Gasteiger partial charge in [-0.05, 0) is 40.5 Å². The van der Waals surface area contributed by atoms with E-state index in [2.05, 4.69) is 34.7 Å². The number of rotatable bonds is 4. The molecule has 3 aromatic rings. The van der Waals surface area contributed by atoms with Gasteiger partial charge >= 0.3 is 0 Å². The first-order valence-electron chi connectivity index (χ1n) is 10.3. The average Bonchev–Trinajstić information content (AvgIpc) is 3.19. The van der Waals surface area contributed by atoms with Crippen molar-refractivity contribution in [3.8, 4) is 5.75 Å². The highest BCUT2D eigenvalue weighted by Gasteiger charge is 2.42. The predicted molar refractivity (Wildman–Crippen MR) is 122 cm³/mol. The highest BCUT2D eigenvalue weighted by Crippen LogP contribution is 2.46. The van der Waals surface area contributed by atoms with Crippen LogP contribution in [0.25, 0.3) is 0 Å². The van der Waals surface area contributed by atoms with Crippen LogP contribution in [-0.2, 0) is 11.4 Å². The monoisotopic (exact) mass is 469 g/mol. The van der Waals surface area contributed by atoms with E-state index in [0.29, 0.717) is 33.7 Å². The number of aromatic nitrogens is 4. The molecule has 0 fully saturated rings. The summed E-state index contributed by atoms with van der Waals surface area (Å²) >= 11 is 12.3. The number of nitrogens with one attached hydrogen (secondary N) is 1. The zero-order valence-corrected chi connectivity index (χ0v) is 19.1. The van der Waals surface area contributed by atoms with Crippen LogP contribution in [0, 0.1) is 5.41 Å². The lowest BCUT2D eigenvalue weighted by Crippen LogP contribution is -2.36. The number of hydrogen-bond donors (Lipinski definition) is 1. The Morgan fingerprint density at radius 1 is 1.19 bits per heavy atom. The molecule has 0 amide bonds. The summed E-state index contributed by atoms with van der Waals surface area (Å²) in [5.74, 6) is 1.23. The molecule has 1 atom stereocenters. The van der Waals surface area contributed by atoms with Gasteiger partial charge in [-0.1, -0.05) is 66.4 Å². The molecular weight excluding hydrogens is 449 g/mol. The number of halogens is 2. The van der Waals surface area contributed by atoms with Gasteiger partial charge in [0.15, 0.2) is 5.78 Å². The molecule has 7 nitrogen and oxygen atoms in total.